The summed E-state index contributed by atoms with van der Waals surface area (Å²) in [7, 11) is 0. The maximum absolute atomic E-state index is 12.5. The van der Waals surface area contributed by atoms with Gasteiger partial charge in [0.15, 0.2) is 5.43 Å². The van der Waals surface area contributed by atoms with Gasteiger partial charge in [0.1, 0.15) is 0 Å². The molecule has 0 fully saturated rings. The van der Waals surface area contributed by atoms with Crippen molar-refractivity contribution in [2.75, 3.05) is 6.61 Å². The minimum absolute atomic E-state index is 0.0757. The van der Waals surface area contributed by atoms with Crippen LogP contribution in [-0.2, 0) is 16.0 Å². The van der Waals surface area contributed by atoms with Crippen LogP contribution in [0.4, 0.5) is 8.78 Å². The second-order valence-electron chi connectivity index (χ2n) is 3.48. The lowest BCUT2D eigenvalue weighted by Crippen LogP contribution is -2.17. The van der Waals surface area contributed by atoms with Gasteiger partial charge in [-0.05, 0) is 13.8 Å². The van der Waals surface area contributed by atoms with Gasteiger partial charge < -0.3 is 9.72 Å². The predicted octanol–water partition coefficient (Wildman–Crippen LogP) is 1.73. The summed E-state index contributed by atoms with van der Waals surface area (Å²) >= 11 is 0. The van der Waals surface area contributed by atoms with Crippen LogP contribution in [0.1, 0.15) is 30.3 Å². The molecule has 0 atom stereocenters. The highest BCUT2D eigenvalue weighted by molar-refractivity contribution is 5.71. The molecule has 1 N–H and O–H groups in total. The number of esters is 1. The largest absolute Gasteiger partial charge is 0.466 e. The fourth-order valence-electron chi connectivity index (χ4n) is 1.50. The second kappa shape index (κ2) is 5.56. The van der Waals surface area contributed by atoms with E-state index in [1.807, 2.05) is 0 Å². The molecule has 0 aromatic carbocycles. The summed E-state index contributed by atoms with van der Waals surface area (Å²) in [6.07, 6.45) is -2.96. The van der Waals surface area contributed by atoms with Crippen LogP contribution in [0.25, 0.3) is 0 Å². The van der Waals surface area contributed by atoms with Gasteiger partial charge in [-0.3, -0.25) is 9.59 Å². The number of alkyl halides is 2. The SMILES string of the molecule is CCOC(=O)Cc1cc(=O)c(C(F)F)c(C)[nH]1. The number of carbonyl (C=O) groups excluding carboxylic acids is 1. The molecule has 0 saturated heterocycles. The fraction of sp³-hybridized carbons (Fsp3) is 0.455. The van der Waals surface area contributed by atoms with Gasteiger partial charge in [-0.1, -0.05) is 0 Å². The number of aromatic nitrogens is 1. The lowest BCUT2D eigenvalue weighted by molar-refractivity contribution is -0.142. The third-order valence-corrected chi connectivity index (χ3v) is 2.18. The third-order valence-electron chi connectivity index (χ3n) is 2.18. The molecule has 0 spiro atoms. The van der Waals surface area contributed by atoms with Crippen LogP contribution in [0.15, 0.2) is 10.9 Å². The quantitative estimate of drug-likeness (QED) is 0.822. The Bertz CT molecular complexity index is 468. The van der Waals surface area contributed by atoms with Crippen molar-refractivity contribution in [2.24, 2.45) is 0 Å². The first kappa shape index (κ1) is 13.3. The first-order chi connectivity index (χ1) is 7.95. The smallest absolute Gasteiger partial charge is 0.311 e. The van der Waals surface area contributed by atoms with Crippen LogP contribution >= 0.6 is 0 Å². The highest BCUT2D eigenvalue weighted by atomic mass is 19.3. The molecule has 0 saturated carbocycles. The van der Waals surface area contributed by atoms with E-state index in [1.165, 1.54) is 6.92 Å². The number of ether oxygens (including phenoxy) is 1. The Morgan fingerprint density at radius 1 is 1.53 bits per heavy atom. The zero-order valence-corrected chi connectivity index (χ0v) is 9.55. The monoisotopic (exact) mass is 245 g/mol. The summed E-state index contributed by atoms with van der Waals surface area (Å²) in [4.78, 5) is 25.2. The number of aryl methyl sites for hydroxylation is 1. The minimum atomic E-state index is -2.82. The lowest BCUT2D eigenvalue weighted by Gasteiger charge is -2.07. The van der Waals surface area contributed by atoms with Gasteiger partial charge >= 0.3 is 5.97 Å². The summed E-state index contributed by atoms with van der Waals surface area (Å²) in [6.45, 7) is 3.26. The van der Waals surface area contributed by atoms with E-state index in [2.05, 4.69) is 4.98 Å². The van der Waals surface area contributed by atoms with Crippen molar-refractivity contribution < 1.29 is 18.3 Å². The van der Waals surface area contributed by atoms with Crippen LogP contribution in [0.5, 0.6) is 0 Å². The van der Waals surface area contributed by atoms with E-state index in [9.17, 15) is 18.4 Å². The average molecular weight is 245 g/mol. The van der Waals surface area contributed by atoms with Crippen LogP contribution in [0.2, 0.25) is 0 Å². The standard InChI is InChI=1S/C11H13F2NO3/c1-3-17-9(16)5-7-4-8(15)10(11(12)13)6(2)14-7/h4,11H,3,5H2,1-2H3,(H,14,15). The summed E-state index contributed by atoms with van der Waals surface area (Å²) in [5.74, 6) is -0.507. The summed E-state index contributed by atoms with van der Waals surface area (Å²) in [5, 5.41) is 0. The average Bonchev–Trinajstić information content (AvgIpc) is 2.15. The van der Waals surface area contributed by atoms with Gasteiger partial charge in [-0.25, -0.2) is 8.78 Å². The molecular weight excluding hydrogens is 232 g/mol. The van der Waals surface area contributed by atoms with Crippen LogP contribution in [-0.4, -0.2) is 17.6 Å². The van der Waals surface area contributed by atoms with E-state index >= 15 is 0 Å². The lowest BCUT2D eigenvalue weighted by atomic mass is 10.1. The Morgan fingerprint density at radius 2 is 2.18 bits per heavy atom. The predicted molar refractivity (Wildman–Crippen MR) is 57.1 cm³/mol. The molecule has 94 valence electrons. The van der Waals surface area contributed by atoms with E-state index in [-0.39, 0.29) is 24.4 Å². The fourth-order valence-corrected chi connectivity index (χ4v) is 1.50. The van der Waals surface area contributed by atoms with E-state index in [0.717, 1.165) is 6.07 Å². The van der Waals surface area contributed by atoms with Crippen LogP contribution in [0, 0.1) is 6.92 Å². The molecule has 0 amide bonds. The number of halogens is 2. The topological polar surface area (TPSA) is 59.2 Å². The van der Waals surface area contributed by atoms with Gasteiger partial charge in [0, 0.05) is 17.5 Å². The molecule has 1 heterocycles. The van der Waals surface area contributed by atoms with E-state index in [1.54, 1.807) is 6.92 Å². The molecule has 17 heavy (non-hydrogen) atoms. The third kappa shape index (κ3) is 3.37. The Morgan fingerprint density at radius 3 is 2.65 bits per heavy atom. The number of rotatable bonds is 4. The maximum atomic E-state index is 12.5. The molecule has 0 radical (unpaired) electrons. The number of H-pyrrole nitrogens is 1. The van der Waals surface area contributed by atoms with Gasteiger partial charge in [-0.2, -0.15) is 0 Å². The molecule has 6 heteroatoms. The summed E-state index contributed by atoms with van der Waals surface area (Å²) < 4.78 is 29.7. The minimum Gasteiger partial charge on any atom is -0.466 e. The van der Waals surface area contributed by atoms with Gasteiger partial charge in [0.05, 0.1) is 18.6 Å². The van der Waals surface area contributed by atoms with Crippen molar-refractivity contribution in [3.63, 3.8) is 0 Å². The van der Waals surface area contributed by atoms with Crippen molar-refractivity contribution in [1.29, 1.82) is 0 Å². The first-order valence-corrected chi connectivity index (χ1v) is 5.12. The van der Waals surface area contributed by atoms with Crippen LogP contribution < -0.4 is 5.43 Å². The number of hydrogen-bond acceptors (Lipinski definition) is 3. The van der Waals surface area contributed by atoms with Gasteiger partial charge in [0.25, 0.3) is 6.43 Å². The number of carbonyl (C=O) groups is 1. The van der Waals surface area contributed by atoms with Crippen molar-refractivity contribution in [3.05, 3.63) is 33.2 Å². The van der Waals surface area contributed by atoms with Crippen molar-refractivity contribution in [2.45, 2.75) is 26.7 Å². The maximum Gasteiger partial charge on any atom is 0.311 e. The molecule has 0 aliphatic rings. The molecule has 1 aromatic heterocycles. The zero-order chi connectivity index (χ0) is 13.0. The van der Waals surface area contributed by atoms with E-state index in [4.69, 9.17) is 4.74 Å². The Labute approximate surface area is 96.6 Å². The number of hydrogen-bond donors (Lipinski definition) is 1. The van der Waals surface area contributed by atoms with Crippen molar-refractivity contribution >= 4 is 5.97 Å². The molecule has 0 unspecified atom stereocenters. The Balaban J connectivity index is 2.99. The second-order valence-corrected chi connectivity index (χ2v) is 3.48. The van der Waals surface area contributed by atoms with Gasteiger partial charge in [-0.15, -0.1) is 0 Å². The molecule has 1 rings (SSSR count). The summed E-state index contributed by atoms with van der Waals surface area (Å²) in [5.41, 5.74) is -0.977. The number of aromatic amines is 1. The highest BCUT2D eigenvalue weighted by Gasteiger charge is 2.17. The van der Waals surface area contributed by atoms with Crippen molar-refractivity contribution in [1.82, 2.24) is 4.98 Å². The van der Waals surface area contributed by atoms with E-state index in [0.29, 0.717) is 0 Å². The normalized spacial score (nSPS) is 10.6. The molecule has 0 bridgehead atoms. The first-order valence-electron chi connectivity index (χ1n) is 5.12. The van der Waals surface area contributed by atoms with E-state index < -0.39 is 23.4 Å². The molecule has 0 aliphatic heterocycles. The molecule has 1 aromatic rings. The number of nitrogens with one attached hydrogen (secondary N) is 1. The molecule has 0 aliphatic carbocycles. The summed E-state index contributed by atoms with van der Waals surface area (Å²) in [6, 6.07) is 1.01. The Hall–Kier alpha value is -1.72. The molecular formula is C11H13F2NO3. The highest BCUT2D eigenvalue weighted by Crippen LogP contribution is 2.17. The molecule has 4 nitrogen and oxygen atoms in total. The van der Waals surface area contributed by atoms with Gasteiger partial charge in [0.2, 0.25) is 0 Å². The van der Waals surface area contributed by atoms with Crippen LogP contribution in [0.3, 0.4) is 0 Å². The zero-order valence-electron chi connectivity index (χ0n) is 9.55. The Kier molecular flexibility index (Phi) is 4.37. The van der Waals surface area contributed by atoms with Crippen molar-refractivity contribution in [3.8, 4) is 0 Å². The number of pyridine rings is 1.